The average molecular weight is 346 g/mol. The van der Waals surface area contributed by atoms with Gasteiger partial charge in [-0.1, -0.05) is 24.3 Å². The van der Waals surface area contributed by atoms with Crippen molar-refractivity contribution in [2.75, 3.05) is 46.8 Å². The number of aliphatic hydroxyl groups is 1. The summed E-state index contributed by atoms with van der Waals surface area (Å²) in [6, 6.07) is 9.41. The van der Waals surface area contributed by atoms with Crippen LogP contribution in [0.2, 0.25) is 0 Å². The molecule has 2 fully saturated rings. The van der Waals surface area contributed by atoms with Crippen molar-refractivity contribution < 1.29 is 5.11 Å². The molecule has 1 aromatic rings. The van der Waals surface area contributed by atoms with Gasteiger partial charge in [-0.3, -0.25) is 4.90 Å². The standard InChI is InChI=1S/C21H35N3O/c1-18(22(2)3)20-8-6-7-19(15-20)16-23-13-9-21(25,10-14-23)17-24-11-4-5-12-24/h6-8,15,18,25H,4-5,9-14,16-17H2,1-3H3. The molecule has 2 heterocycles. The summed E-state index contributed by atoms with van der Waals surface area (Å²) in [7, 11) is 4.26. The molecule has 4 nitrogen and oxygen atoms in total. The van der Waals surface area contributed by atoms with Gasteiger partial charge in [-0.15, -0.1) is 0 Å². The normalized spacial score (nSPS) is 23.2. The fourth-order valence-electron chi connectivity index (χ4n) is 4.15. The second-order valence-electron chi connectivity index (χ2n) is 8.37. The lowest BCUT2D eigenvalue weighted by Gasteiger charge is -2.40. The van der Waals surface area contributed by atoms with Gasteiger partial charge >= 0.3 is 0 Å². The molecule has 2 aliphatic rings. The number of rotatable bonds is 6. The van der Waals surface area contributed by atoms with Crippen LogP contribution in [-0.2, 0) is 6.54 Å². The number of hydrogen-bond acceptors (Lipinski definition) is 4. The summed E-state index contributed by atoms with van der Waals surface area (Å²) in [6.07, 6.45) is 4.39. The van der Waals surface area contributed by atoms with E-state index >= 15 is 0 Å². The predicted octanol–water partition coefficient (Wildman–Crippen LogP) is 2.73. The molecule has 0 spiro atoms. The molecule has 0 radical (unpaired) electrons. The average Bonchev–Trinajstić information content (AvgIpc) is 3.09. The molecule has 0 amide bonds. The molecule has 2 saturated heterocycles. The molecule has 0 saturated carbocycles. The third-order valence-corrected chi connectivity index (χ3v) is 6.12. The Hall–Kier alpha value is -0.940. The van der Waals surface area contributed by atoms with Gasteiger partial charge < -0.3 is 14.9 Å². The smallest absolute Gasteiger partial charge is 0.0798 e. The molecule has 1 atom stereocenters. The SMILES string of the molecule is CC(c1cccc(CN2CCC(O)(CN3CCCC3)CC2)c1)N(C)C. The van der Waals surface area contributed by atoms with Crippen LogP contribution in [-0.4, -0.2) is 72.2 Å². The van der Waals surface area contributed by atoms with Gasteiger partial charge in [0.05, 0.1) is 5.60 Å². The van der Waals surface area contributed by atoms with Crippen LogP contribution in [0.25, 0.3) is 0 Å². The minimum Gasteiger partial charge on any atom is -0.388 e. The lowest BCUT2D eigenvalue weighted by molar-refractivity contribution is -0.0430. The fraction of sp³-hybridized carbons (Fsp3) is 0.714. The Balaban J connectivity index is 1.52. The zero-order chi connectivity index (χ0) is 17.9. The Labute approximate surface area is 153 Å². The van der Waals surface area contributed by atoms with Gasteiger partial charge in [0.15, 0.2) is 0 Å². The van der Waals surface area contributed by atoms with E-state index in [0.29, 0.717) is 6.04 Å². The molecule has 0 aromatic heterocycles. The summed E-state index contributed by atoms with van der Waals surface area (Å²) in [5, 5.41) is 10.9. The third-order valence-electron chi connectivity index (χ3n) is 6.12. The molecule has 25 heavy (non-hydrogen) atoms. The molecule has 1 N–H and O–H groups in total. The maximum Gasteiger partial charge on any atom is 0.0798 e. The van der Waals surface area contributed by atoms with E-state index in [2.05, 4.69) is 60.0 Å². The Morgan fingerprint density at radius 1 is 1.08 bits per heavy atom. The molecule has 2 aliphatic heterocycles. The molecule has 0 bridgehead atoms. The fourth-order valence-corrected chi connectivity index (χ4v) is 4.15. The van der Waals surface area contributed by atoms with Crippen molar-refractivity contribution in [3.05, 3.63) is 35.4 Å². The summed E-state index contributed by atoms with van der Waals surface area (Å²) in [5.41, 5.74) is 2.29. The van der Waals surface area contributed by atoms with Crippen LogP contribution < -0.4 is 0 Å². The minimum atomic E-state index is -0.470. The van der Waals surface area contributed by atoms with Gasteiger partial charge in [-0.05, 0) is 70.9 Å². The predicted molar refractivity (Wildman–Crippen MR) is 104 cm³/mol. The summed E-state index contributed by atoms with van der Waals surface area (Å²) in [6.45, 7) is 8.45. The second-order valence-corrected chi connectivity index (χ2v) is 8.37. The van der Waals surface area contributed by atoms with Gasteiger partial charge in [0.1, 0.15) is 0 Å². The van der Waals surface area contributed by atoms with Crippen LogP contribution in [0, 0.1) is 0 Å². The van der Waals surface area contributed by atoms with E-state index in [1.165, 1.54) is 37.1 Å². The van der Waals surface area contributed by atoms with E-state index in [1.807, 2.05) is 0 Å². The quantitative estimate of drug-likeness (QED) is 0.859. The number of β-amino-alcohol motifs (C(OH)–C–C–N with tert-alkyl or cyclic N) is 1. The van der Waals surface area contributed by atoms with Crippen LogP contribution in [0.5, 0.6) is 0 Å². The summed E-state index contributed by atoms with van der Waals surface area (Å²) in [4.78, 5) is 7.19. The summed E-state index contributed by atoms with van der Waals surface area (Å²) in [5.74, 6) is 0. The van der Waals surface area contributed by atoms with Crippen molar-refractivity contribution in [1.29, 1.82) is 0 Å². The number of likely N-dealkylation sites (tertiary alicyclic amines) is 2. The van der Waals surface area contributed by atoms with E-state index in [1.54, 1.807) is 0 Å². The first-order chi connectivity index (χ1) is 12.0. The molecule has 0 aliphatic carbocycles. The molecule has 1 aromatic carbocycles. The first kappa shape index (κ1) is 18.8. The molecular formula is C21H35N3O. The minimum absolute atomic E-state index is 0.437. The van der Waals surface area contributed by atoms with E-state index in [4.69, 9.17) is 0 Å². The second kappa shape index (κ2) is 8.17. The number of piperidine rings is 1. The molecule has 1 unspecified atom stereocenters. The zero-order valence-corrected chi connectivity index (χ0v) is 16.2. The maximum absolute atomic E-state index is 10.9. The van der Waals surface area contributed by atoms with E-state index in [0.717, 1.165) is 39.0 Å². The maximum atomic E-state index is 10.9. The van der Waals surface area contributed by atoms with Crippen LogP contribution in [0.3, 0.4) is 0 Å². The lowest BCUT2D eigenvalue weighted by Crippen LogP contribution is -2.50. The number of nitrogens with zero attached hydrogens (tertiary/aromatic N) is 3. The molecular weight excluding hydrogens is 310 g/mol. The van der Waals surface area contributed by atoms with E-state index in [-0.39, 0.29) is 0 Å². The van der Waals surface area contributed by atoms with Gasteiger partial charge in [-0.25, -0.2) is 0 Å². The highest BCUT2D eigenvalue weighted by molar-refractivity contribution is 5.25. The van der Waals surface area contributed by atoms with Crippen LogP contribution in [0.15, 0.2) is 24.3 Å². The van der Waals surface area contributed by atoms with Gasteiger partial charge in [0, 0.05) is 32.2 Å². The van der Waals surface area contributed by atoms with Gasteiger partial charge in [0.2, 0.25) is 0 Å². The van der Waals surface area contributed by atoms with Crippen LogP contribution >= 0.6 is 0 Å². The highest BCUT2D eigenvalue weighted by atomic mass is 16.3. The largest absolute Gasteiger partial charge is 0.388 e. The Morgan fingerprint density at radius 3 is 2.40 bits per heavy atom. The molecule has 4 heteroatoms. The summed E-state index contributed by atoms with van der Waals surface area (Å²) < 4.78 is 0. The van der Waals surface area contributed by atoms with E-state index in [9.17, 15) is 5.11 Å². The van der Waals surface area contributed by atoms with Crippen molar-refractivity contribution in [2.45, 2.75) is 50.8 Å². The Kier molecular flexibility index (Phi) is 6.16. The van der Waals surface area contributed by atoms with Crippen molar-refractivity contribution >= 4 is 0 Å². The first-order valence-corrected chi connectivity index (χ1v) is 9.88. The number of hydrogen-bond donors (Lipinski definition) is 1. The molecule has 140 valence electrons. The monoisotopic (exact) mass is 345 g/mol. The van der Waals surface area contributed by atoms with E-state index < -0.39 is 5.60 Å². The highest BCUT2D eigenvalue weighted by Gasteiger charge is 2.34. The zero-order valence-electron chi connectivity index (χ0n) is 16.2. The van der Waals surface area contributed by atoms with Crippen molar-refractivity contribution in [1.82, 2.24) is 14.7 Å². The van der Waals surface area contributed by atoms with Crippen LogP contribution in [0.4, 0.5) is 0 Å². The third kappa shape index (κ3) is 5.04. The van der Waals surface area contributed by atoms with Crippen LogP contribution in [0.1, 0.15) is 49.8 Å². The van der Waals surface area contributed by atoms with Crippen molar-refractivity contribution in [2.24, 2.45) is 0 Å². The van der Waals surface area contributed by atoms with Crippen molar-refractivity contribution in [3.8, 4) is 0 Å². The van der Waals surface area contributed by atoms with Crippen molar-refractivity contribution in [3.63, 3.8) is 0 Å². The Bertz CT molecular complexity index is 546. The van der Waals surface area contributed by atoms with Gasteiger partial charge in [-0.2, -0.15) is 0 Å². The van der Waals surface area contributed by atoms with Gasteiger partial charge in [0.25, 0.3) is 0 Å². The number of benzene rings is 1. The highest BCUT2D eigenvalue weighted by Crippen LogP contribution is 2.26. The summed E-state index contributed by atoms with van der Waals surface area (Å²) >= 11 is 0. The lowest BCUT2D eigenvalue weighted by atomic mass is 9.90. The Morgan fingerprint density at radius 2 is 1.76 bits per heavy atom. The first-order valence-electron chi connectivity index (χ1n) is 9.88. The topological polar surface area (TPSA) is 30.0 Å². The molecule has 3 rings (SSSR count).